The molecule has 4 rings (SSSR count). The van der Waals surface area contributed by atoms with Crippen LogP contribution in [-0.4, -0.2) is 20.6 Å². The van der Waals surface area contributed by atoms with E-state index in [0.29, 0.717) is 33.0 Å². The molecule has 0 aliphatic rings. The van der Waals surface area contributed by atoms with E-state index in [1.54, 1.807) is 48.5 Å². The summed E-state index contributed by atoms with van der Waals surface area (Å²) in [7, 11) is 0. The molecule has 0 unspecified atom stereocenters. The molecular formula is C21H13ClN2O3. The highest BCUT2D eigenvalue weighted by Crippen LogP contribution is 2.28. The van der Waals surface area contributed by atoms with Crippen LogP contribution >= 0.6 is 11.6 Å². The molecule has 6 heteroatoms. The molecule has 1 N–H and O–H groups in total. The number of carboxylic acid groups (broad SMARTS) is 1. The Kier molecular flexibility index (Phi) is 4.22. The molecule has 5 nitrogen and oxygen atoms in total. The van der Waals surface area contributed by atoms with Gasteiger partial charge in [0.05, 0.1) is 27.2 Å². The van der Waals surface area contributed by atoms with Crippen molar-refractivity contribution in [3.8, 4) is 17.1 Å². The molecule has 1 heterocycles. The average Bonchev–Trinajstić information content (AvgIpc) is 2.68. The fourth-order valence-corrected chi connectivity index (χ4v) is 3.17. The zero-order valence-corrected chi connectivity index (χ0v) is 14.7. The van der Waals surface area contributed by atoms with Gasteiger partial charge in [-0.3, -0.25) is 9.36 Å². The Hall–Kier alpha value is -3.44. The van der Waals surface area contributed by atoms with Gasteiger partial charge in [0, 0.05) is 5.56 Å². The van der Waals surface area contributed by atoms with E-state index in [4.69, 9.17) is 16.7 Å². The zero-order chi connectivity index (χ0) is 19.0. The summed E-state index contributed by atoms with van der Waals surface area (Å²) in [5.41, 5.74) is 1.58. The average molecular weight is 377 g/mol. The van der Waals surface area contributed by atoms with Crippen molar-refractivity contribution in [1.29, 1.82) is 0 Å². The molecule has 0 saturated carbocycles. The van der Waals surface area contributed by atoms with Crippen molar-refractivity contribution >= 4 is 28.5 Å². The van der Waals surface area contributed by atoms with Crippen LogP contribution in [0.3, 0.4) is 0 Å². The van der Waals surface area contributed by atoms with E-state index in [1.807, 2.05) is 12.1 Å². The molecule has 0 aliphatic carbocycles. The molecule has 0 spiro atoms. The standard InChI is InChI=1S/C21H13ClN2O3/c22-17-7-3-1-5-15(17)19-23-18-8-4-2-6-16(18)20(25)24(19)14-11-9-13(10-12-14)21(26)27/h1-12H,(H,26,27). The first-order valence-electron chi connectivity index (χ1n) is 8.16. The van der Waals surface area contributed by atoms with Crippen molar-refractivity contribution in [2.24, 2.45) is 0 Å². The molecule has 0 bridgehead atoms. The van der Waals surface area contributed by atoms with Crippen LogP contribution < -0.4 is 5.56 Å². The maximum atomic E-state index is 13.2. The molecule has 27 heavy (non-hydrogen) atoms. The van der Waals surface area contributed by atoms with E-state index in [-0.39, 0.29) is 11.1 Å². The zero-order valence-electron chi connectivity index (χ0n) is 14.0. The van der Waals surface area contributed by atoms with Gasteiger partial charge in [0.25, 0.3) is 5.56 Å². The number of fused-ring (bicyclic) bond motifs is 1. The van der Waals surface area contributed by atoms with Crippen LogP contribution in [0.1, 0.15) is 10.4 Å². The number of benzene rings is 3. The monoisotopic (exact) mass is 376 g/mol. The van der Waals surface area contributed by atoms with Crippen LogP contribution in [-0.2, 0) is 0 Å². The van der Waals surface area contributed by atoms with E-state index < -0.39 is 5.97 Å². The van der Waals surface area contributed by atoms with Gasteiger partial charge in [-0.1, -0.05) is 35.9 Å². The number of aromatic nitrogens is 2. The molecule has 3 aromatic carbocycles. The molecular weight excluding hydrogens is 364 g/mol. The van der Waals surface area contributed by atoms with Crippen LogP contribution in [0.2, 0.25) is 5.02 Å². The summed E-state index contributed by atoms with van der Waals surface area (Å²) in [5.74, 6) is -0.635. The van der Waals surface area contributed by atoms with E-state index in [9.17, 15) is 9.59 Å². The molecule has 0 aliphatic heterocycles. The van der Waals surface area contributed by atoms with Gasteiger partial charge in [-0.2, -0.15) is 0 Å². The van der Waals surface area contributed by atoms with Crippen LogP contribution in [0.4, 0.5) is 0 Å². The largest absolute Gasteiger partial charge is 0.478 e. The highest BCUT2D eigenvalue weighted by atomic mass is 35.5. The lowest BCUT2D eigenvalue weighted by atomic mass is 10.1. The van der Waals surface area contributed by atoms with Gasteiger partial charge in [-0.15, -0.1) is 0 Å². The number of hydrogen-bond acceptors (Lipinski definition) is 3. The number of rotatable bonds is 3. The van der Waals surface area contributed by atoms with Gasteiger partial charge in [0.1, 0.15) is 5.82 Å². The quantitative estimate of drug-likeness (QED) is 0.575. The van der Waals surface area contributed by atoms with Crippen molar-refractivity contribution in [3.63, 3.8) is 0 Å². The maximum absolute atomic E-state index is 13.2. The lowest BCUT2D eigenvalue weighted by Gasteiger charge is -2.15. The van der Waals surface area contributed by atoms with Crippen LogP contribution in [0.15, 0.2) is 77.6 Å². The second-order valence-corrected chi connectivity index (χ2v) is 6.33. The molecule has 0 amide bonds. The van der Waals surface area contributed by atoms with Crippen LogP contribution in [0.25, 0.3) is 28.0 Å². The Labute approximate surface area is 159 Å². The maximum Gasteiger partial charge on any atom is 0.335 e. The molecule has 132 valence electrons. The predicted octanol–water partition coefficient (Wildman–Crippen LogP) is 4.40. The van der Waals surface area contributed by atoms with Crippen LogP contribution in [0, 0.1) is 0 Å². The van der Waals surface area contributed by atoms with Crippen molar-refractivity contribution in [1.82, 2.24) is 9.55 Å². The normalized spacial score (nSPS) is 10.9. The molecule has 0 radical (unpaired) electrons. The Morgan fingerprint density at radius 3 is 2.30 bits per heavy atom. The third-order valence-corrected chi connectivity index (χ3v) is 4.59. The van der Waals surface area contributed by atoms with Gasteiger partial charge in [-0.25, -0.2) is 9.78 Å². The predicted molar refractivity (Wildman–Crippen MR) is 105 cm³/mol. The van der Waals surface area contributed by atoms with Crippen molar-refractivity contribution < 1.29 is 9.90 Å². The summed E-state index contributed by atoms with van der Waals surface area (Å²) in [5, 5.41) is 10.0. The summed E-state index contributed by atoms with van der Waals surface area (Å²) in [4.78, 5) is 29.0. The minimum Gasteiger partial charge on any atom is -0.478 e. The second kappa shape index (κ2) is 6.70. The molecule has 1 aromatic heterocycles. The number of nitrogens with zero attached hydrogens (tertiary/aromatic N) is 2. The molecule has 4 aromatic rings. The molecule has 0 saturated heterocycles. The number of halogens is 1. The first-order valence-corrected chi connectivity index (χ1v) is 8.54. The second-order valence-electron chi connectivity index (χ2n) is 5.92. The smallest absolute Gasteiger partial charge is 0.335 e. The lowest BCUT2D eigenvalue weighted by Crippen LogP contribution is -2.22. The first-order chi connectivity index (χ1) is 13.1. The summed E-state index contributed by atoms with van der Waals surface area (Å²) < 4.78 is 1.45. The summed E-state index contributed by atoms with van der Waals surface area (Å²) >= 11 is 6.36. The minimum atomic E-state index is -1.03. The van der Waals surface area contributed by atoms with E-state index >= 15 is 0 Å². The van der Waals surface area contributed by atoms with Gasteiger partial charge in [0.15, 0.2) is 0 Å². The Balaban J connectivity index is 2.07. The Morgan fingerprint density at radius 1 is 0.926 bits per heavy atom. The fourth-order valence-electron chi connectivity index (χ4n) is 2.95. The lowest BCUT2D eigenvalue weighted by molar-refractivity contribution is 0.0697. The minimum absolute atomic E-state index is 0.139. The molecule has 0 atom stereocenters. The van der Waals surface area contributed by atoms with Gasteiger partial charge in [-0.05, 0) is 48.5 Å². The fraction of sp³-hybridized carbons (Fsp3) is 0. The van der Waals surface area contributed by atoms with Crippen molar-refractivity contribution in [3.05, 3.63) is 93.7 Å². The summed E-state index contributed by atoms with van der Waals surface area (Å²) in [6, 6.07) is 20.3. The first kappa shape index (κ1) is 17.0. The molecule has 0 fully saturated rings. The van der Waals surface area contributed by atoms with Crippen molar-refractivity contribution in [2.75, 3.05) is 0 Å². The van der Waals surface area contributed by atoms with Crippen LogP contribution in [0.5, 0.6) is 0 Å². The van der Waals surface area contributed by atoms with Gasteiger partial charge in [0.2, 0.25) is 0 Å². The van der Waals surface area contributed by atoms with E-state index in [1.165, 1.54) is 16.7 Å². The number of para-hydroxylation sites is 1. The third kappa shape index (κ3) is 2.98. The van der Waals surface area contributed by atoms with Crippen molar-refractivity contribution in [2.45, 2.75) is 0 Å². The summed E-state index contributed by atoms with van der Waals surface area (Å²) in [6.07, 6.45) is 0. The number of hydrogen-bond donors (Lipinski definition) is 1. The topological polar surface area (TPSA) is 72.2 Å². The van der Waals surface area contributed by atoms with Gasteiger partial charge >= 0.3 is 5.97 Å². The Morgan fingerprint density at radius 2 is 1.59 bits per heavy atom. The Bertz CT molecular complexity index is 1230. The highest BCUT2D eigenvalue weighted by Gasteiger charge is 2.16. The number of carboxylic acids is 1. The summed E-state index contributed by atoms with van der Waals surface area (Å²) in [6.45, 7) is 0. The number of aromatic carboxylic acids is 1. The van der Waals surface area contributed by atoms with E-state index in [2.05, 4.69) is 4.98 Å². The highest BCUT2D eigenvalue weighted by molar-refractivity contribution is 6.33. The SMILES string of the molecule is O=C(O)c1ccc(-n2c(-c3ccccc3Cl)nc3ccccc3c2=O)cc1. The van der Waals surface area contributed by atoms with E-state index in [0.717, 1.165) is 0 Å². The third-order valence-electron chi connectivity index (χ3n) is 4.26. The number of carbonyl (C=O) groups is 1. The van der Waals surface area contributed by atoms with Gasteiger partial charge < -0.3 is 5.11 Å².